The number of alkyl halides is 3. The van der Waals surface area contributed by atoms with Crippen molar-refractivity contribution in [2.75, 3.05) is 19.3 Å². The topological polar surface area (TPSA) is 24.4 Å². The van der Waals surface area contributed by atoms with Gasteiger partial charge in [-0.3, -0.25) is 4.99 Å². The highest BCUT2D eigenvalue weighted by Crippen LogP contribution is 2.30. The third-order valence-corrected chi connectivity index (χ3v) is 4.04. The Balaban J connectivity index is 2.10. The van der Waals surface area contributed by atoms with Gasteiger partial charge in [0.25, 0.3) is 0 Å². The van der Waals surface area contributed by atoms with Crippen LogP contribution < -0.4 is 5.32 Å². The van der Waals surface area contributed by atoms with Gasteiger partial charge in [-0.25, -0.2) is 4.39 Å². The summed E-state index contributed by atoms with van der Waals surface area (Å²) < 4.78 is 50.9. The highest BCUT2D eigenvalue weighted by molar-refractivity contribution is 7.99. The first kappa shape index (κ1) is 15.9. The smallest absolute Gasteiger partial charge is 0.369 e. The Hall–Kier alpha value is -1.50. The fourth-order valence-corrected chi connectivity index (χ4v) is 2.29. The molecule has 1 atom stereocenters. The summed E-state index contributed by atoms with van der Waals surface area (Å²) in [4.78, 5) is 4.28. The molecule has 0 amide bonds. The second-order valence-electron chi connectivity index (χ2n) is 4.53. The number of nitrogens with one attached hydrogen (secondary N) is 1. The van der Waals surface area contributed by atoms with Gasteiger partial charge in [0.2, 0.25) is 0 Å². The zero-order valence-electron chi connectivity index (χ0n) is 11.2. The number of hydrogen-bond acceptors (Lipinski definition) is 3. The third kappa shape index (κ3) is 4.23. The fourth-order valence-electron chi connectivity index (χ4n) is 1.82. The van der Waals surface area contributed by atoms with Gasteiger partial charge in [0.05, 0.1) is 12.1 Å². The molecular formula is C14H14F4N2S. The molecule has 1 heterocycles. The lowest BCUT2D eigenvalue weighted by Crippen LogP contribution is -2.36. The second-order valence-corrected chi connectivity index (χ2v) is 5.67. The number of rotatable bonds is 3. The first-order valence-electron chi connectivity index (χ1n) is 6.26. The van der Waals surface area contributed by atoms with Crippen molar-refractivity contribution in [3.05, 3.63) is 41.2 Å². The fraction of sp³-hybridized carbons (Fsp3) is 0.357. The van der Waals surface area contributed by atoms with Gasteiger partial charge in [0.1, 0.15) is 11.7 Å². The molecular weight excluding hydrogens is 304 g/mol. The van der Waals surface area contributed by atoms with Gasteiger partial charge >= 0.3 is 6.18 Å². The molecule has 0 aromatic heterocycles. The molecule has 7 heteroatoms. The van der Waals surface area contributed by atoms with Crippen molar-refractivity contribution in [3.8, 4) is 0 Å². The van der Waals surface area contributed by atoms with Crippen molar-refractivity contribution in [2.24, 2.45) is 4.99 Å². The van der Waals surface area contributed by atoms with Crippen LogP contribution in [0.25, 0.3) is 6.08 Å². The Bertz CT molecular complexity index is 567. The maximum atomic E-state index is 13.6. The molecule has 1 aromatic rings. The van der Waals surface area contributed by atoms with E-state index in [-0.39, 0.29) is 5.56 Å². The molecule has 1 unspecified atom stereocenters. The lowest BCUT2D eigenvalue weighted by atomic mass is 10.1. The Morgan fingerprint density at radius 2 is 2.10 bits per heavy atom. The number of thioether (sulfide) groups is 1. The number of benzene rings is 1. The molecule has 0 spiro atoms. The van der Waals surface area contributed by atoms with Crippen LogP contribution in [-0.4, -0.2) is 30.4 Å². The Kier molecular flexibility index (Phi) is 4.92. The van der Waals surface area contributed by atoms with E-state index in [9.17, 15) is 17.6 Å². The average Bonchev–Trinajstić information content (AvgIpc) is 2.45. The van der Waals surface area contributed by atoms with Crippen LogP contribution >= 0.6 is 11.8 Å². The number of aliphatic imine (C=N–C) groups is 1. The summed E-state index contributed by atoms with van der Waals surface area (Å²) >= 11 is 1.71. The predicted octanol–water partition coefficient (Wildman–Crippen LogP) is 3.59. The van der Waals surface area contributed by atoms with Gasteiger partial charge in [-0.1, -0.05) is 6.07 Å². The summed E-state index contributed by atoms with van der Waals surface area (Å²) in [6.45, 7) is 1.43. The molecule has 0 saturated carbocycles. The van der Waals surface area contributed by atoms with Crippen molar-refractivity contribution in [1.82, 2.24) is 5.32 Å². The van der Waals surface area contributed by atoms with Gasteiger partial charge in [-0.2, -0.15) is 24.9 Å². The van der Waals surface area contributed by atoms with Crippen LogP contribution in [0, 0.1) is 5.82 Å². The van der Waals surface area contributed by atoms with E-state index in [0.29, 0.717) is 23.7 Å². The normalized spacial score (nSPS) is 19.5. The molecule has 0 saturated heterocycles. The molecule has 1 N–H and O–H groups in total. The minimum atomic E-state index is -4.54. The molecule has 2 rings (SSSR count). The van der Waals surface area contributed by atoms with E-state index in [1.807, 2.05) is 6.26 Å². The maximum absolute atomic E-state index is 13.6. The van der Waals surface area contributed by atoms with Crippen molar-refractivity contribution < 1.29 is 17.6 Å². The highest BCUT2D eigenvalue weighted by atomic mass is 32.2. The lowest BCUT2D eigenvalue weighted by molar-refractivity contribution is -0.137. The minimum Gasteiger partial charge on any atom is -0.369 e. The molecule has 0 radical (unpaired) electrons. The molecule has 0 bridgehead atoms. The van der Waals surface area contributed by atoms with Crippen molar-refractivity contribution in [3.63, 3.8) is 0 Å². The quantitative estimate of drug-likeness (QED) is 0.861. The second kappa shape index (κ2) is 6.51. The maximum Gasteiger partial charge on any atom is 0.416 e. The summed E-state index contributed by atoms with van der Waals surface area (Å²) in [5.74, 6) is -0.293. The van der Waals surface area contributed by atoms with Gasteiger partial charge in [-0.05, 0) is 30.5 Å². The largest absolute Gasteiger partial charge is 0.416 e. The van der Waals surface area contributed by atoms with Crippen LogP contribution in [0.5, 0.6) is 0 Å². The third-order valence-electron chi connectivity index (χ3n) is 3.06. The van der Waals surface area contributed by atoms with Gasteiger partial charge in [-0.15, -0.1) is 0 Å². The van der Waals surface area contributed by atoms with Crippen LogP contribution in [-0.2, 0) is 6.18 Å². The predicted molar refractivity (Wildman–Crippen MR) is 78.0 cm³/mol. The van der Waals surface area contributed by atoms with E-state index in [1.165, 1.54) is 6.08 Å². The molecule has 2 nitrogen and oxygen atoms in total. The lowest BCUT2D eigenvalue weighted by Gasteiger charge is -2.19. The zero-order valence-corrected chi connectivity index (χ0v) is 12.1. The van der Waals surface area contributed by atoms with E-state index in [2.05, 4.69) is 10.3 Å². The van der Waals surface area contributed by atoms with Gasteiger partial charge in [0.15, 0.2) is 0 Å². The molecule has 1 aromatic carbocycles. The van der Waals surface area contributed by atoms with Crippen LogP contribution in [0.2, 0.25) is 0 Å². The van der Waals surface area contributed by atoms with Gasteiger partial charge < -0.3 is 5.32 Å². The van der Waals surface area contributed by atoms with E-state index < -0.39 is 17.6 Å². The molecule has 0 fully saturated rings. The van der Waals surface area contributed by atoms with E-state index in [0.717, 1.165) is 18.7 Å². The summed E-state index contributed by atoms with van der Waals surface area (Å²) in [5, 5.41) is 3.49. The van der Waals surface area contributed by atoms with Crippen LogP contribution in [0.1, 0.15) is 11.1 Å². The van der Waals surface area contributed by atoms with Crippen LogP contribution in [0.4, 0.5) is 17.6 Å². The highest BCUT2D eigenvalue weighted by Gasteiger charge is 2.30. The Morgan fingerprint density at radius 1 is 1.33 bits per heavy atom. The van der Waals surface area contributed by atoms with Crippen molar-refractivity contribution >= 4 is 23.7 Å². The van der Waals surface area contributed by atoms with E-state index >= 15 is 0 Å². The first-order valence-corrected chi connectivity index (χ1v) is 7.55. The van der Waals surface area contributed by atoms with Crippen molar-refractivity contribution in [1.29, 1.82) is 0 Å². The number of amidine groups is 1. The Morgan fingerprint density at radius 3 is 2.62 bits per heavy atom. The van der Waals surface area contributed by atoms with E-state index in [1.54, 1.807) is 17.8 Å². The molecule has 1 aliphatic heterocycles. The van der Waals surface area contributed by atoms with E-state index in [4.69, 9.17) is 0 Å². The Labute approximate surface area is 124 Å². The standard InChI is InChI=1S/C14H14F4N2S/c1-21-11-7-19-13(20-8-11)5-3-9-2-4-10(6-12(9)15)14(16,17)18/h2-6,11H,7-8H2,1H3,(H,19,20)/b5-3+. The summed E-state index contributed by atoms with van der Waals surface area (Å²) in [6, 6.07) is 2.48. The number of hydrogen-bond donors (Lipinski definition) is 1. The summed E-state index contributed by atoms with van der Waals surface area (Å²) in [7, 11) is 0. The summed E-state index contributed by atoms with van der Waals surface area (Å²) in [5.41, 5.74) is -0.896. The molecule has 114 valence electrons. The van der Waals surface area contributed by atoms with Crippen LogP contribution in [0.15, 0.2) is 29.3 Å². The average molecular weight is 318 g/mol. The minimum absolute atomic E-state index is 0.0967. The number of nitrogens with zero attached hydrogens (tertiary/aromatic N) is 1. The van der Waals surface area contributed by atoms with Gasteiger partial charge in [0, 0.05) is 17.4 Å². The monoisotopic (exact) mass is 318 g/mol. The first-order chi connectivity index (χ1) is 9.90. The molecule has 21 heavy (non-hydrogen) atoms. The number of halogens is 4. The SMILES string of the molecule is CSC1CN=C(/C=C/c2ccc(C(F)(F)F)cc2F)NC1. The van der Waals surface area contributed by atoms with Crippen molar-refractivity contribution in [2.45, 2.75) is 11.4 Å². The summed E-state index contributed by atoms with van der Waals surface area (Å²) in [6.07, 6.45) is 0.453. The van der Waals surface area contributed by atoms with Crippen LogP contribution in [0.3, 0.4) is 0 Å². The molecule has 1 aliphatic rings. The molecule has 0 aliphatic carbocycles. The zero-order chi connectivity index (χ0) is 15.5.